The number of amides is 1. The molecule has 0 fully saturated rings. The lowest BCUT2D eigenvalue weighted by molar-refractivity contribution is -0.137. The van der Waals surface area contributed by atoms with Gasteiger partial charge in [0.15, 0.2) is 0 Å². The number of anilines is 1. The highest BCUT2D eigenvalue weighted by Gasteiger charge is 2.33. The minimum absolute atomic E-state index is 0.0494. The standard InChI is InChI=1S/C14H11F3N2O3/c15-14(16,17)9-1-2-12-11(7-9)19(4-6-21-12)13(20)8-10-3-5-22-18-10/h1-3,5,7H,4,6,8H2. The molecule has 116 valence electrons. The van der Waals surface area contributed by atoms with Gasteiger partial charge in [0.05, 0.1) is 29.9 Å². The SMILES string of the molecule is O=C(Cc1ccon1)N1CCOc2ccc(C(F)(F)F)cc21. The Hall–Kier alpha value is -2.51. The van der Waals surface area contributed by atoms with Crippen LogP contribution in [0.4, 0.5) is 18.9 Å². The van der Waals surface area contributed by atoms with Crippen LogP contribution in [0.1, 0.15) is 11.3 Å². The Labute approximate surface area is 123 Å². The first kappa shape index (κ1) is 14.4. The third kappa shape index (κ3) is 2.76. The fourth-order valence-electron chi connectivity index (χ4n) is 2.23. The number of alkyl halides is 3. The second-order valence-corrected chi connectivity index (χ2v) is 4.74. The van der Waals surface area contributed by atoms with Gasteiger partial charge in [-0.1, -0.05) is 5.16 Å². The molecule has 0 spiro atoms. The molecule has 1 aromatic heterocycles. The van der Waals surface area contributed by atoms with E-state index in [2.05, 4.69) is 9.68 Å². The van der Waals surface area contributed by atoms with E-state index in [0.717, 1.165) is 12.1 Å². The zero-order chi connectivity index (χ0) is 15.7. The number of aromatic nitrogens is 1. The highest BCUT2D eigenvalue weighted by Crippen LogP contribution is 2.38. The summed E-state index contributed by atoms with van der Waals surface area (Å²) >= 11 is 0. The molecule has 5 nitrogen and oxygen atoms in total. The minimum Gasteiger partial charge on any atom is -0.490 e. The molecule has 0 N–H and O–H groups in total. The van der Waals surface area contributed by atoms with Crippen molar-refractivity contribution >= 4 is 11.6 Å². The second kappa shape index (κ2) is 5.36. The maximum Gasteiger partial charge on any atom is 0.416 e. The molecule has 1 amide bonds. The molecule has 0 radical (unpaired) electrons. The van der Waals surface area contributed by atoms with Crippen LogP contribution in [0.3, 0.4) is 0 Å². The van der Waals surface area contributed by atoms with E-state index in [0.29, 0.717) is 5.69 Å². The number of benzene rings is 1. The Kier molecular flexibility index (Phi) is 3.51. The smallest absolute Gasteiger partial charge is 0.416 e. The number of carbonyl (C=O) groups is 1. The van der Waals surface area contributed by atoms with Gasteiger partial charge in [-0.15, -0.1) is 0 Å². The number of halogens is 3. The molecule has 8 heteroatoms. The molecule has 2 aromatic rings. The Morgan fingerprint density at radius 3 is 2.82 bits per heavy atom. The van der Waals surface area contributed by atoms with E-state index in [1.165, 1.54) is 23.3 Å². The van der Waals surface area contributed by atoms with Crippen LogP contribution in [0.15, 0.2) is 35.1 Å². The van der Waals surface area contributed by atoms with Gasteiger partial charge in [-0.3, -0.25) is 4.79 Å². The van der Waals surface area contributed by atoms with Gasteiger partial charge in [0.1, 0.15) is 18.6 Å². The van der Waals surface area contributed by atoms with Crippen LogP contribution in [-0.4, -0.2) is 24.2 Å². The first-order chi connectivity index (χ1) is 10.4. The molecule has 0 aliphatic carbocycles. The van der Waals surface area contributed by atoms with Gasteiger partial charge in [-0.25, -0.2) is 0 Å². The monoisotopic (exact) mass is 312 g/mol. The maximum absolute atomic E-state index is 12.8. The zero-order valence-corrected chi connectivity index (χ0v) is 11.3. The topological polar surface area (TPSA) is 55.6 Å². The number of nitrogens with zero attached hydrogens (tertiary/aromatic N) is 2. The summed E-state index contributed by atoms with van der Waals surface area (Å²) in [6.45, 7) is 0.411. The first-order valence-electron chi connectivity index (χ1n) is 6.49. The second-order valence-electron chi connectivity index (χ2n) is 4.74. The van der Waals surface area contributed by atoms with Crippen molar-refractivity contribution in [2.24, 2.45) is 0 Å². The highest BCUT2D eigenvalue weighted by atomic mass is 19.4. The van der Waals surface area contributed by atoms with E-state index in [1.807, 2.05) is 0 Å². The van der Waals surface area contributed by atoms with Gasteiger partial charge < -0.3 is 14.2 Å². The Balaban J connectivity index is 1.91. The van der Waals surface area contributed by atoms with Gasteiger partial charge in [0, 0.05) is 6.07 Å². The van der Waals surface area contributed by atoms with E-state index in [-0.39, 0.29) is 36.9 Å². The molecule has 1 aliphatic rings. The molecule has 1 aromatic carbocycles. The summed E-state index contributed by atoms with van der Waals surface area (Å²) in [5.74, 6) is -0.106. The molecule has 22 heavy (non-hydrogen) atoms. The highest BCUT2D eigenvalue weighted by molar-refractivity contribution is 5.96. The summed E-state index contributed by atoms with van der Waals surface area (Å²) in [5, 5.41) is 3.63. The van der Waals surface area contributed by atoms with Gasteiger partial charge in [-0.05, 0) is 18.2 Å². The van der Waals surface area contributed by atoms with Crippen molar-refractivity contribution in [3.05, 3.63) is 41.8 Å². The summed E-state index contributed by atoms with van der Waals surface area (Å²) in [6.07, 6.45) is -3.20. The van der Waals surface area contributed by atoms with Crippen molar-refractivity contribution in [3.8, 4) is 5.75 Å². The number of rotatable bonds is 2. The van der Waals surface area contributed by atoms with E-state index < -0.39 is 11.7 Å². The van der Waals surface area contributed by atoms with E-state index >= 15 is 0 Å². The predicted octanol–water partition coefficient (Wildman–Crippen LogP) is 2.66. The first-order valence-corrected chi connectivity index (χ1v) is 6.49. The molecule has 0 saturated heterocycles. The number of hydrogen-bond donors (Lipinski definition) is 0. The molecular weight excluding hydrogens is 301 g/mol. The van der Waals surface area contributed by atoms with E-state index in [1.54, 1.807) is 0 Å². The number of hydrogen-bond acceptors (Lipinski definition) is 4. The fraction of sp³-hybridized carbons (Fsp3) is 0.286. The third-order valence-electron chi connectivity index (χ3n) is 3.27. The average Bonchev–Trinajstić information content (AvgIpc) is 2.98. The van der Waals surface area contributed by atoms with Crippen molar-refractivity contribution in [2.45, 2.75) is 12.6 Å². The summed E-state index contributed by atoms with van der Waals surface area (Å²) in [6, 6.07) is 4.62. The molecule has 0 atom stereocenters. The van der Waals surface area contributed by atoms with E-state index in [4.69, 9.17) is 4.74 Å². The molecule has 0 unspecified atom stereocenters. The van der Waals surface area contributed by atoms with Crippen LogP contribution in [0, 0.1) is 0 Å². The van der Waals surface area contributed by atoms with Crippen molar-refractivity contribution in [3.63, 3.8) is 0 Å². The fourth-order valence-corrected chi connectivity index (χ4v) is 2.23. The minimum atomic E-state index is -4.48. The Bertz CT molecular complexity index is 683. The molecule has 3 rings (SSSR count). The molecule has 0 bridgehead atoms. The van der Waals surface area contributed by atoms with Crippen LogP contribution in [0.25, 0.3) is 0 Å². The average molecular weight is 312 g/mol. The van der Waals surface area contributed by atoms with Crippen molar-refractivity contribution < 1.29 is 27.2 Å². The largest absolute Gasteiger partial charge is 0.490 e. The van der Waals surface area contributed by atoms with Crippen LogP contribution in [0.2, 0.25) is 0 Å². The third-order valence-corrected chi connectivity index (χ3v) is 3.27. The summed E-state index contributed by atoms with van der Waals surface area (Å²) in [7, 11) is 0. The molecule has 0 saturated carbocycles. The zero-order valence-electron chi connectivity index (χ0n) is 11.3. The molecule has 1 aliphatic heterocycles. The van der Waals surface area contributed by atoms with Gasteiger partial charge >= 0.3 is 6.18 Å². The normalized spacial score (nSPS) is 14.4. The maximum atomic E-state index is 12.8. The molecule has 2 heterocycles. The Morgan fingerprint density at radius 2 is 2.14 bits per heavy atom. The van der Waals surface area contributed by atoms with Crippen LogP contribution in [-0.2, 0) is 17.4 Å². The summed E-state index contributed by atoms with van der Waals surface area (Å²) in [4.78, 5) is 13.6. The lowest BCUT2D eigenvalue weighted by Crippen LogP contribution is -2.39. The van der Waals surface area contributed by atoms with Crippen LogP contribution >= 0.6 is 0 Å². The van der Waals surface area contributed by atoms with Gasteiger partial charge in [0.2, 0.25) is 5.91 Å². The lowest BCUT2D eigenvalue weighted by Gasteiger charge is -2.30. The summed E-state index contributed by atoms with van der Waals surface area (Å²) in [5.41, 5.74) is -0.282. The van der Waals surface area contributed by atoms with Gasteiger partial charge in [-0.2, -0.15) is 13.2 Å². The number of fused-ring (bicyclic) bond motifs is 1. The van der Waals surface area contributed by atoms with Crippen molar-refractivity contribution in [2.75, 3.05) is 18.1 Å². The lowest BCUT2D eigenvalue weighted by atomic mass is 10.1. The van der Waals surface area contributed by atoms with Crippen molar-refractivity contribution in [1.29, 1.82) is 0 Å². The predicted molar refractivity (Wildman–Crippen MR) is 69.5 cm³/mol. The van der Waals surface area contributed by atoms with Crippen LogP contribution in [0.5, 0.6) is 5.75 Å². The van der Waals surface area contributed by atoms with E-state index in [9.17, 15) is 18.0 Å². The Morgan fingerprint density at radius 1 is 1.32 bits per heavy atom. The van der Waals surface area contributed by atoms with Gasteiger partial charge in [0.25, 0.3) is 0 Å². The number of ether oxygens (including phenoxy) is 1. The summed E-state index contributed by atoms with van der Waals surface area (Å²) < 4.78 is 48.4. The van der Waals surface area contributed by atoms with Crippen LogP contribution < -0.4 is 9.64 Å². The number of carbonyl (C=O) groups excluding carboxylic acids is 1. The quantitative estimate of drug-likeness (QED) is 0.855. The van der Waals surface area contributed by atoms with Crippen molar-refractivity contribution in [1.82, 2.24) is 5.16 Å². The molecular formula is C14H11F3N2O3.